The molecule has 1 aromatic rings. The van der Waals surface area contributed by atoms with Gasteiger partial charge in [-0.3, -0.25) is 0 Å². The van der Waals surface area contributed by atoms with Crippen LogP contribution in [0.2, 0.25) is 0 Å². The molecule has 94 valence electrons. The van der Waals surface area contributed by atoms with E-state index in [0.717, 1.165) is 10.5 Å². The van der Waals surface area contributed by atoms with Crippen LogP contribution >= 0.6 is 34.5 Å². The largest absolute Gasteiger partial charge is 0.506 e. The number of halogens is 2. The minimum Gasteiger partial charge on any atom is -0.506 e. The fourth-order valence-corrected chi connectivity index (χ4v) is 2.87. The quantitative estimate of drug-likeness (QED) is 0.612. The first-order chi connectivity index (χ1) is 8.50. The highest BCUT2D eigenvalue weighted by Crippen LogP contribution is 2.37. The molecule has 0 spiro atoms. The summed E-state index contributed by atoms with van der Waals surface area (Å²) < 4.78 is 0. The molecular formula is C13H11Cl2NOS. The monoisotopic (exact) mass is 299 g/mol. The average Bonchev–Trinajstić information content (AvgIpc) is 2.62. The molecule has 0 aliphatic heterocycles. The summed E-state index contributed by atoms with van der Waals surface area (Å²) in [5.41, 5.74) is 1.74. The van der Waals surface area contributed by atoms with Crippen molar-refractivity contribution >= 4 is 45.8 Å². The highest BCUT2D eigenvalue weighted by molar-refractivity contribution is 7.12. The Balaban J connectivity index is 2.45. The van der Waals surface area contributed by atoms with Crippen molar-refractivity contribution in [3.63, 3.8) is 0 Å². The summed E-state index contributed by atoms with van der Waals surface area (Å²) in [5, 5.41) is 19.6. The average molecular weight is 300 g/mol. The van der Waals surface area contributed by atoms with Gasteiger partial charge in [0.25, 0.3) is 0 Å². The van der Waals surface area contributed by atoms with Crippen LogP contribution in [0.5, 0.6) is 5.75 Å². The molecule has 1 atom stereocenters. The molecule has 1 aromatic heterocycles. The van der Waals surface area contributed by atoms with Crippen molar-refractivity contribution in [2.24, 2.45) is 0 Å². The molecule has 18 heavy (non-hydrogen) atoms. The zero-order chi connectivity index (χ0) is 13.3. The number of rotatable bonds is 2. The van der Waals surface area contributed by atoms with Crippen molar-refractivity contribution in [3.05, 3.63) is 45.2 Å². The van der Waals surface area contributed by atoms with E-state index in [9.17, 15) is 5.11 Å². The Hall–Kier alpha value is -1.03. The van der Waals surface area contributed by atoms with Crippen molar-refractivity contribution in [3.8, 4) is 5.75 Å². The molecule has 2 rings (SSSR count). The smallest absolute Gasteiger partial charge is 0.143 e. The summed E-state index contributed by atoms with van der Waals surface area (Å²) >= 11 is 13.4. The van der Waals surface area contributed by atoms with E-state index >= 15 is 0 Å². The zero-order valence-corrected chi connectivity index (χ0v) is 11.9. The molecule has 0 bridgehead atoms. The van der Waals surface area contributed by atoms with Crippen molar-refractivity contribution < 1.29 is 5.11 Å². The van der Waals surface area contributed by atoms with Gasteiger partial charge >= 0.3 is 0 Å². The molecule has 2 N–H and O–H groups in total. The predicted octanol–water partition coefficient (Wildman–Crippen LogP) is 4.52. The highest BCUT2D eigenvalue weighted by atomic mass is 35.5. The van der Waals surface area contributed by atoms with Crippen LogP contribution in [0.1, 0.15) is 17.4 Å². The first-order valence-corrected chi connectivity index (χ1v) is 6.96. The maximum absolute atomic E-state index is 10.1. The standard InChI is InChI=1S/C13H11Cl2NOS/c1-7(16)9-6-18-13(12(9)17)8-2-4-10(14)11(15)5-3-8/h2-6,10,16-17H,1H3. The van der Waals surface area contributed by atoms with E-state index in [4.69, 9.17) is 28.6 Å². The normalized spacial score (nSPS) is 19.2. The zero-order valence-electron chi connectivity index (χ0n) is 9.58. The van der Waals surface area contributed by atoms with Gasteiger partial charge < -0.3 is 10.5 Å². The lowest BCUT2D eigenvalue weighted by molar-refractivity contribution is 0.475. The number of aromatic hydroxyl groups is 1. The van der Waals surface area contributed by atoms with Crippen molar-refractivity contribution in [1.29, 1.82) is 5.41 Å². The molecule has 0 saturated carbocycles. The molecule has 0 amide bonds. The first kappa shape index (κ1) is 13.4. The van der Waals surface area contributed by atoms with E-state index in [-0.39, 0.29) is 11.1 Å². The third kappa shape index (κ3) is 2.53. The molecule has 1 aliphatic rings. The van der Waals surface area contributed by atoms with E-state index in [0.29, 0.717) is 16.3 Å². The Labute approximate surface area is 119 Å². The minimum atomic E-state index is -0.341. The predicted molar refractivity (Wildman–Crippen MR) is 79.2 cm³/mol. The van der Waals surface area contributed by atoms with E-state index in [1.54, 1.807) is 24.5 Å². The van der Waals surface area contributed by atoms with Crippen LogP contribution in [-0.2, 0) is 0 Å². The third-order valence-electron chi connectivity index (χ3n) is 2.56. The van der Waals surface area contributed by atoms with E-state index in [2.05, 4.69) is 0 Å². The second-order valence-electron chi connectivity index (χ2n) is 3.89. The number of hydrogen-bond acceptors (Lipinski definition) is 3. The lowest BCUT2D eigenvalue weighted by Gasteiger charge is -2.00. The summed E-state index contributed by atoms with van der Waals surface area (Å²) in [5.74, 6) is 0.140. The van der Waals surface area contributed by atoms with E-state index in [1.165, 1.54) is 11.3 Å². The Kier molecular flexibility index (Phi) is 3.95. The van der Waals surface area contributed by atoms with Crippen LogP contribution in [0.25, 0.3) is 5.57 Å². The fourth-order valence-electron chi connectivity index (χ4n) is 1.57. The topological polar surface area (TPSA) is 44.1 Å². The van der Waals surface area contributed by atoms with Crippen LogP contribution in [0.4, 0.5) is 0 Å². The van der Waals surface area contributed by atoms with Crippen LogP contribution in [0.3, 0.4) is 0 Å². The summed E-state index contributed by atoms with van der Waals surface area (Å²) in [7, 11) is 0. The molecule has 0 aromatic carbocycles. The maximum Gasteiger partial charge on any atom is 0.143 e. The second-order valence-corrected chi connectivity index (χ2v) is 5.67. The van der Waals surface area contributed by atoms with Gasteiger partial charge in [-0.1, -0.05) is 29.8 Å². The van der Waals surface area contributed by atoms with Gasteiger partial charge in [0.05, 0.1) is 10.3 Å². The van der Waals surface area contributed by atoms with Gasteiger partial charge in [-0.25, -0.2) is 0 Å². The van der Waals surface area contributed by atoms with Crippen LogP contribution in [0, 0.1) is 5.41 Å². The molecule has 1 aliphatic carbocycles. The van der Waals surface area contributed by atoms with Crippen LogP contribution < -0.4 is 0 Å². The maximum atomic E-state index is 10.1. The lowest BCUT2D eigenvalue weighted by Crippen LogP contribution is -1.90. The fraction of sp³-hybridized carbons (Fsp3) is 0.154. The number of alkyl halides is 1. The van der Waals surface area contributed by atoms with Crippen molar-refractivity contribution in [2.75, 3.05) is 0 Å². The van der Waals surface area contributed by atoms with Gasteiger partial charge in [0, 0.05) is 21.7 Å². The molecule has 0 radical (unpaired) electrons. The van der Waals surface area contributed by atoms with Gasteiger partial charge in [-0.05, 0) is 18.6 Å². The van der Waals surface area contributed by atoms with Gasteiger partial charge in [-0.2, -0.15) is 0 Å². The van der Waals surface area contributed by atoms with E-state index < -0.39 is 0 Å². The molecule has 1 heterocycles. The van der Waals surface area contributed by atoms with Crippen LogP contribution in [0.15, 0.2) is 34.7 Å². The van der Waals surface area contributed by atoms with Crippen molar-refractivity contribution in [2.45, 2.75) is 12.3 Å². The van der Waals surface area contributed by atoms with Crippen molar-refractivity contribution in [1.82, 2.24) is 0 Å². The Morgan fingerprint density at radius 3 is 2.78 bits per heavy atom. The minimum absolute atomic E-state index is 0.140. The second kappa shape index (κ2) is 5.31. The highest BCUT2D eigenvalue weighted by Gasteiger charge is 2.16. The summed E-state index contributed by atoms with van der Waals surface area (Å²) in [4.78, 5) is 0.722. The van der Waals surface area contributed by atoms with Crippen LogP contribution in [-0.4, -0.2) is 16.2 Å². The molecular weight excluding hydrogens is 289 g/mol. The SMILES string of the molecule is CC(=N)c1csc(C2=CC=C(Cl)C(Cl)C=C2)c1O. The Morgan fingerprint density at radius 1 is 1.44 bits per heavy atom. The molecule has 5 heteroatoms. The van der Waals surface area contributed by atoms with Gasteiger partial charge in [0.2, 0.25) is 0 Å². The summed E-state index contributed by atoms with van der Waals surface area (Å²) in [6.45, 7) is 1.65. The summed E-state index contributed by atoms with van der Waals surface area (Å²) in [6, 6.07) is 0. The molecule has 1 unspecified atom stereocenters. The Bertz CT molecular complexity index is 584. The number of hydrogen-bond donors (Lipinski definition) is 2. The first-order valence-electron chi connectivity index (χ1n) is 5.26. The number of thiophene rings is 1. The summed E-state index contributed by atoms with van der Waals surface area (Å²) in [6.07, 6.45) is 7.15. The number of nitrogens with one attached hydrogen (secondary N) is 1. The molecule has 2 nitrogen and oxygen atoms in total. The molecule has 0 fully saturated rings. The van der Waals surface area contributed by atoms with Gasteiger partial charge in [-0.15, -0.1) is 22.9 Å². The molecule has 0 saturated heterocycles. The van der Waals surface area contributed by atoms with Gasteiger partial charge in [0.1, 0.15) is 5.75 Å². The number of allylic oxidation sites excluding steroid dienone is 6. The lowest BCUT2D eigenvalue weighted by atomic mass is 10.1. The van der Waals surface area contributed by atoms with E-state index in [1.807, 2.05) is 12.2 Å². The third-order valence-corrected chi connectivity index (χ3v) is 4.43. The van der Waals surface area contributed by atoms with Gasteiger partial charge in [0.15, 0.2) is 0 Å². The Morgan fingerprint density at radius 2 is 2.17 bits per heavy atom.